The molecule has 0 unspecified atom stereocenters. The predicted molar refractivity (Wildman–Crippen MR) is 43.9 cm³/mol. The van der Waals surface area contributed by atoms with E-state index in [0.29, 0.717) is 0 Å². The summed E-state index contributed by atoms with van der Waals surface area (Å²) in [6.07, 6.45) is 0. The van der Waals surface area contributed by atoms with E-state index in [1.165, 1.54) is 18.2 Å². The molecule has 5 heteroatoms. The van der Waals surface area contributed by atoms with Crippen molar-refractivity contribution in [2.75, 3.05) is 0 Å². The lowest BCUT2D eigenvalue weighted by Crippen LogP contribution is -2.00. The van der Waals surface area contributed by atoms with Crippen molar-refractivity contribution in [2.24, 2.45) is 0 Å². The van der Waals surface area contributed by atoms with E-state index in [-0.39, 0.29) is 11.3 Å². The van der Waals surface area contributed by atoms with Gasteiger partial charge in [-0.15, -0.1) is 0 Å². The van der Waals surface area contributed by atoms with Crippen LogP contribution in [0.4, 0.5) is 5.69 Å². The van der Waals surface area contributed by atoms with Gasteiger partial charge in [-0.05, 0) is 6.07 Å². The van der Waals surface area contributed by atoms with Crippen LogP contribution in [0.25, 0.3) is 0 Å². The highest BCUT2D eigenvalue weighted by Gasteiger charge is 2.10. The van der Waals surface area contributed by atoms with Crippen molar-refractivity contribution in [1.82, 2.24) is 0 Å². The zero-order chi connectivity index (χ0) is 9.84. The molecular weight excluding hydrogens is 174 g/mol. The summed E-state index contributed by atoms with van der Waals surface area (Å²) >= 11 is 0. The van der Waals surface area contributed by atoms with Crippen LogP contribution in [0.2, 0.25) is 0 Å². The Labute approximate surface area is 74.1 Å². The van der Waals surface area contributed by atoms with E-state index in [1.807, 2.05) is 0 Å². The molecule has 5 nitrogen and oxygen atoms in total. The van der Waals surface area contributed by atoms with Gasteiger partial charge in [0.1, 0.15) is 7.11 Å². The number of nitro groups is 1. The summed E-state index contributed by atoms with van der Waals surface area (Å²) < 4.78 is 4.16. The molecule has 0 aromatic heterocycles. The first kappa shape index (κ1) is 9.18. The molecule has 0 saturated heterocycles. The van der Waals surface area contributed by atoms with Crippen LogP contribution in [0, 0.1) is 17.2 Å². The fourth-order valence-electron chi connectivity index (χ4n) is 0.830. The normalized spacial score (nSPS) is 9.31. The Kier molecular flexibility index (Phi) is 2.59. The maximum Gasteiger partial charge on any atom is 0.338 e. The number of carbonyl (C=O) groups is 1. The van der Waals surface area contributed by atoms with Gasteiger partial charge in [0, 0.05) is 12.1 Å². The second-order valence-corrected chi connectivity index (χ2v) is 2.24. The number of ether oxygens (including phenoxy) is 1. The molecule has 67 valence electrons. The number of nitrogens with zero attached hydrogens (tertiary/aromatic N) is 1. The summed E-state index contributed by atoms with van der Waals surface area (Å²) in [6, 6.07) is 5.25. The topological polar surface area (TPSA) is 69.4 Å². The van der Waals surface area contributed by atoms with Crippen molar-refractivity contribution in [3.05, 3.63) is 47.1 Å². The number of hydrogen-bond acceptors (Lipinski definition) is 4. The SMILES string of the molecule is [CH2]OC(=O)c1cccc([N+](=O)[O-])c1. The molecule has 13 heavy (non-hydrogen) atoms. The number of rotatable bonds is 2. The molecule has 1 aromatic carbocycles. The molecule has 0 N–H and O–H groups in total. The van der Waals surface area contributed by atoms with E-state index >= 15 is 0 Å². The molecule has 1 radical (unpaired) electrons. The third kappa shape index (κ3) is 2.02. The summed E-state index contributed by atoms with van der Waals surface area (Å²) in [6.45, 7) is 0. The summed E-state index contributed by atoms with van der Waals surface area (Å²) in [5.74, 6) is -0.691. The van der Waals surface area contributed by atoms with Crippen LogP contribution >= 0.6 is 0 Å². The van der Waals surface area contributed by atoms with Crippen LogP contribution in [-0.2, 0) is 4.74 Å². The third-order valence-electron chi connectivity index (χ3n) is 1.42. The van der Waals surface area contributed by atoms with Crippen molar-refractivity contribution >= 4 is 11.7 Å². The second kappa shape index (κ2) is 3.66. The highest BCUT2D eigenvalue weighted by atomic mass is 16.6. The van der Waals surface area contributed by atoms with Crippen LogP contribution < -0.4 is 0 Å². The van der Waals surface area contributed by atoms with Gasteiger partial charge < -0.3 is 4.74 Å². The third-order valence-corrected chi connectivity index (χ3v) is 1.42. The summed E-state index contributed by atoms with van der Waals surface area (Å²) in [4.78, 5) is 20.6. The second-order valence-electron chi connectivity index (χ2n) is 2.24. The van der Waals surface area contributed by atoms with Crippen LogP contribution in [0.15, 0.2) is 24.3 Å². The summed E-state index contributed by atoms with van der Waals surface area (Å²) in [5, 5.41) is 10.3. The molecule has 1 rings (SSSR count). The predicted octanol–water partition coefficient (Wildman–Crippen LogP) is 1.54. The quantitative estimate of drug-likeness (QED) is 0.393. The molecule has 1 aromatic rings. The zero-order valence-corrected chi connectivity index (χ0v) is 6.60. The molecule has 0 aliphatic rings. The Morgan fingerprint density at radius 2 is 2.23 bits per heavy atom. The van der Waals surface area contributed by atoms with Crippen molar-refractivity contribution in [3.8, 4) is 0 Å². The fraction of sp³-hybridized carbons (Fsp3) is 0. The number of hydrogen-bond donors (Lipinski definition) is 0. The van der Waals surface area contributed by atoms with Gasteiger partial charge in [0.15, 0.2) is 0 Å². The van der Waals surface area contributed by atoms with E-state index in [1.54, 1.807) is 0 Å². The molecule has 0 amide bonds. The summed E-state index contributed by atoms with van der Waals surface area (Å²) in [7, 11) is 2.92. The van der Waals surface area contributed by atoms with Crippen molar-refractivity contribution < 1.29 is 14.5 Å². The van der Waals surface area contributed by atoms with Crippen LogP contribution in [0.1, 0.15) is 10.4 Å². The monoisotopic (exact) mass is 180 g/mol. The molecule has 0 aliphatic carbocycles. The van der Waals surface area contributed by atoms with E-state index in [9.17, 15) is 14.9 Å². The molecule has 0 atom stereocenters. The molecule has 0 aliphatic heterocycles. The number of carbonyl (C=O) groups excluding carboxylic acids is 1. The molecular formula is C8H6NO4. The Hall–Kier alpha value is -1.91. The largest absolute Gasteiger partial charge is 0.458 e. The molecule has 0 heterocycles. The fourth-order valence-corrected chi connectivity index (χ4v) is 0.830. The lowest BCUT2D eigenvalue weighted by atomic mass is 10.2. The first-order chi connectivity index (χ1) is 6.15. The number of benzene rings is 1. The molecule has 0 fully saturated rings. The number of non-ortho nitro benzene ring substituents is 1. The Balaban J connectivity index is 3.05. The lowest BCUT2D eigenvalue weighted by Gasteiger charge is -1.97. The van der Waals surface area contributed by atoms with E-state index in [0.717, 1.165) is 6.07 Å². The van der Waals surface area contributed by atoms with Gasteiger partial charge in [0.25, 0.3) is 5.69 Å². The average Bonchev–Trinajstić information content (AvgIpc) is 2.17. The van der Waals surface area contributed by atoms with Gasteiger partial charge in [-0.3, -0.25) is 10.1 Å². The number of esters is 1. The van der Waals surface area contributed by atoms with Crippen LogP contribution in [0.3, 0.4) is 0 Å². The lowest BCUT2D eigenvalue weighted by molar-refractivity contribution is -0.384. The van der Waals surface area contributed by atoms with E-state index < -0.39 is 10.9 Å². The van der Waals surface area contributed by atoms with Gasteiger partial charge in [-0.1, -0.05) is 6.07 Å². The minimum absolute atomic E-state index is 0.115. The first-order valence-corrected chi connectivity index (χ1v) is 3.36. The Morgan fingerprint density at radius 1 is 1.54 bits per heavy atom. The Bertz CT molecular complexity index is 348. The van der Waals surface area contributed by atoms with E-state index in [2.05, 4.69) is 11.8 Å². The highest BCUT2D eigenvalue weighted by molar-refractivity contribution is 5.90. The van der Waals surface area contributed by atoms with E-state index in [4.69, 9.17) is 0 Å². The van der Waals surface area contributed by atoms with Gasteiger partial charge in [-0.2, -0.15) is 0 Å². The first-order valence-electron chi connectivity index (χ1n) is 3.36. The maximum atomic E-state index is 10.9. The van der Waals surface area contributed by atoms with Crippen molar-refractivity contribution in [1.29, 1.82) is 0 Å². The van der Waals surface area contributed by atoms with Gasteiger partial charge in [-0.25, -0.2) is 4.79 Å². The molecule has 0 spiro atoms. The highest BCUT2D eigenvalue weighted by Crippen LogP contribution is 2.13. The molecule has 0 bridgehead atoms. The molecule has 0 saturated carbocycles. The minimum Gasteiger partial charge on any atom is -0.458 e. The Morgan fingerprint density at radius 3 is 2.77 bits per heavy atom. The summed E-state index contributed by atoms with van der Waals surface area (Å²) in [5.41, 5.74) is -0.0351. The minimum atomic E-state index is -0.691. The van der Waals surface area contributed by atoms with Crippen molar-refractivity contribution in [3.63, 3.8) is 0 Å². The van der Waals surface area contributed by atoms with Gasteiger partial charge >= 0.3 is 5.97 Å². The number of nitro benzene ring substituents is 1. The van der Waals surface area contributed by atoms with Crippen molar-refractivity contribution in [2.45, 2.75) is 0 Å². The average molecular weight is 180 g/mol. The van der Waals surface area contributed by atoms with Crippen LogP contribution in [0.5, 0.6) is 0 Å². The smallest absolute Gasteiger partial charge is 0.338 e. The maximum absolute atomic E-state index is 10.9. The zero-order valence-electron chi connectivity index (χ0n) is 6.60. The van der Waals surface area contributed by atoms with Crippen LogP contribution in [-0.4, -0.2) is 10.9 Å². The van der Waals surface area contributed by atoms with Gasteiger partial charge in [0.2, 0.25) is 0 Å². The standard InChI is InChI=1S/C8H6NO4/c1-13-8(10)6-3-2-4-7(5-6)9(11)12/h2-5H,1H2. The van der Waals surface area contributed by atoms with Gasteiger partial charge in [0.05, 0.1) is 10.5 Å².